The quantitative estimate of drug-likeness (QED) is 0.832. The molecular weight excluding hydrogens is 334 g/mol. The molecule has 2 fully saturated rings. The van der Waals surface area contributed by atoms with Crippen LogP contribution < -0.4 is 10.6 Å². The van der Waals surface area contributed by atoms with E-state index in [9.17, 15) is 9.59 Å². The van der Waals surface area contributed by atoms with Gasteiger partial charge in [-0.3, -0.25) is 9.59 Å². The molecule has 1 unspecified atom stereocenters. The van der Waals surface area contributed by atoms with Crippen LogP contribution in [0.3, 0.4) is 0 Å². The van der Waals surface area contributed by atoms with Crippen molar-refractivity contribution in [2.45, 2.75) is 25.7 Å². The highest BCUT2D eigenvalue weighted by atomic mass is 16.2. The minimum absolute atomic E-state index is 0.0349. The molecule has 2 amide bonds. The molecule has 4 rings (SSSR count). The Balaban J connectivity index is 1.41. The zero-order valence-corrected chi connectivity index (χ0v) is 14.6. The lowest BCUT2D eigenvalue weighted by Gasteiger charge is -2.37. The highest BCUT2D eigenvalue weighted by Gasteiger charge is 2.33. The monoisotopic (exact) mass is 357 g/mol. The van der Waals surface area contributed by atoms with Gasteiger partial charge in [0, 0.05) is 32.1 Å². The maximum atomic E-state index is 12.9. The predicted molar refractivity (Wildman–Crippen MR) is 94.2 cm³/mol. The van der Waals surface area contributed by atoms with E-state index in [4.69, 9.17) is 5.73 Å². The molecule has 9 heteroatoms. The van der Waals surface area contributed by atoms with Gasteiger partial charge in [0.15, 0.2) is 5.65 Å². The van der Waals surface area contributed by atoms with Crippen LogP contribution in [-0.2, 0) is 9.59 Å². The molecule has 2 aliphatic rings. The maximum Gasteiger partial charge on any atom is 0.227 e. The molecule has 9 nitrogen and oxygen atoms in total. The third kappa shape index (κ3) is 3.21. The summed E-state index contributed by atoms with van der Waals surface area (Å²) in [5.41, 5.74) is 6.08. The molecule has 0 spiro atoms. The van der Waals surface area contributed by atoms with Gasteiger partial charge in [-0.05, 0) is 37.8 Å². The minimum Gasteiger partial charge on any atom is -0.369 e. The van der Waals surface area contributed by atoms with Gasteiger partial charge in [-0.1, -0.05) is 0 Å². The Morgan fingerprint density at radius 2 is 1.88 bits per heavy atom. The van der Waals surface area contributed by atoms with Crippen molar-refractivity contribution in [2.24, 2.45) is 17.6 Å². The molecule has 0 bridgehead atoms. The average molecular weight is 357 g/mol. The standard InChI is InChI=1S/C17H23N7O2/c18-16(25)12-5-8-22(9-6-12)17(26)13-2-1-7-23(10-13)15-4-3-14-20-19-11-24(14)21-15/h3-4,11-13H,1-2,5-10H2,(H2,18,25). The van der Waals surface area contributed by atoms with Gasteiger partial charge in [-0.15, -0.1) is 15.3 Å². The van der Waals surface area contributed by atoms with Gasteiger partial charge in [0.1, 0.15) is 12.1 Å². The number of likely N-dealkylation sites (tertiary alicyclic amines) is 1. The third-order valence-electron chi connectivity index (χ3n) is 5.45. The second-order valence-electron chi connectivity index (χ2n) is 7.11. The van der Waals surface area contributed by atoms with Crippen molar-refractivity contribution in [3.63, 3.8) is 0 Å². The zero-order valence-electron chi connectivity index (χ0n) is 14.6. The Morgan fingerprint density at radius 3 is 2.65 bits per heavy atom. The van der Waals surface area contributed by atoms with E-state index in [0.717, 1.165) is 25.2 Å². The summed E-state index contributed by atoms with van der Waals surface area (Å²) < 4.78 is 1.65. The van der Waals surface area contributed by atoms with Crippen molar-refractivity contribution in [3.05, 3.63) is 18.5 Å². The number of aromatic nitrogens is 4. The second-order valence-corrected chi connectivity index (χ2v) is 7.11. The lowest BCUT2D eigenvalue weighted by molar-refractivity contribution is -0.138. The van der Waals surface area contributed by atoms with Crippen LogP contribution in [0.4, 0.5) is 5.82 Å². The molecule has 0 radical (unpaired) electrons. The number of piperidine rings is 2. The first-order chi connectivity index (χ1) is 12.6. The molecule has 0 saturated carbocycles. The largest absolute Gasteiger partial charge is 0.369 e. The van der Waals surface area contributed by atoms with Gasteiger partial charge in [-0.25, -0.2) is 0 Å². The van der Waals surface area contributed by atoms with Crippen LogP contribution in [0.1, 0.15) is 25.7 Å². The summed E-state index contributed by atoms with van der Waals surface area (Å²) in [4.78, 5) is 28.3. The molecule has 4 heterocycles. The minimum atomic E-state index is -0.253. The van der Waals surface area contributed by atoms with Gasteiger partial charge in [0.25, 0.3) is 0 Å². The molecule has 0 aromatic carbocycles. The maximum absolute atomic E-state index is 12.9. The van der Waals surface area contributed by atoms with Crippen LogP contribution in [0, 0.1) is 11.8 Å². The number of hydrogen-bond acceptors (Lipinski definition) is 6. The van der Waals surface area contributed by atoms with Crippen LogP contribution in [-0.4, -0.2) is 62.7 Å². The Morgan fingerprint density at radius 1 is 1.08 bits per heavy atom. The van der Waals surface area contributed by atoms with Crippen molar-refractivity contribution in [1.29, 1.82) is 0 Å². The summed E-state index contributed by atoms with van der Waals surface area (Å²) in [6, 6.07) is 3.81. The van der Waals surface area contributed by atoms with E-state index in [-0.39, 0.29) is 23.7 Å². The first-order valence-corrected chi connectivity index (χ1v) is 9.12. The van der Waals surface area contributed by atoms with Crippen molar-refractivity contribution in [3.8, 4) is 0 Å². The van der Waals surface area contributed by atoms with E-state index < -0.39 is 0 Å². The van der Waals surface area contributed by atoms with Crippen molar-refractivity contribution in [1.82, 2.24) is 24.7 Å². The number of hydrogen-bond donors (Lipinski definition) is 1. The number of anilines is 1. The summed E-state index contributed by atoms with van der Waals surface area (Å²) in [5, 5.41) is 12.4. The van der Waals surface area contributed by atoms with E-state index in [0.29, 0.717) is 38.1 Å². The van der Waals surface area contributed by atoms with Gasteiger partial charge in [0.05, 0.1) is 5.92 Å². The van der Waals surface area contributed by atoms with Crippen LogP contribution in [0.15, 0.2) is 18.5 Å². The summed E-state index contributed by atoms with van der Waals surface area (Å²) in [6.07, 6.45) is 4.76. The molecule has 2 aromatic heterocycles. The van der Waals surface area contributed by atoms with E-state index in [1.807, 2.05) is 17.0 Å². The fourth-order valence-corrected chi connectivity index (χ4v) is 3.92. The van der Waals surface area contributed by atoms with Crippen molar-refractivity contribution in [2.75, 3.05) is 31.1 Å². The molecule has 2 aromatic rings. The summed E-state index contributed by atoms with van der Waals surface area (Å²) >= 11 is 0. The summed E-state index contributed by atoms with van der Waals surface area (Å²) in [5.74, 6) is 0.635. The number of amides is 2. The smallest absolute Gasteiger partial charge is 0.227 e. The molecule has 2 aliphatic heterocycles. The number of nitrogens with zero attached hydrogens (tertiary/aromatic N) is 6. The van der Waals surface area contributed by atoms with E-state index in [2.05, 4.69) is 20.2 Å². The van der Waals surface area contributed by atoms with Gasteiger partial charge in [-0.2, -0.15) is 4.52 Å². The fourth-order valence-electron chi connectivity index (χ4n) is 3.92. The number of fused-ring (bicyclic) bond motifs is 1. The average Bonchev–Trinajstić information content (AvgIpc) is 3.15. The molecule has 2 N–H and O–H groups in total. The Hall–Kier alpha value is -2.71. The zero-order chi connectivity index (χ0) is 18.1. The highest BCUT2D eigenvalue weighted by Crippen LogP contribution is 2.25. The normalized spacial score (nSPS) is 21.9. The predicted octanol–water partition coefficient (Wildman–Crippen LogP) is 0.0646. The Labute approximate surface area is 151 Å². The molecule has 2 saturated heterocycles. The van der Waals surface area contributed by atoms with E-state index >= 15 is 0 Å². The first-order valence-electron chi connectivity index (χ1n) is 9.12. The van der Waals surface area contributed by atoms with E-state index in [1.165, 1.54) is 0 Å². The number of carbonyl (C=O) groups is 2. The number of carbonyl (C=O) groups excluding carboxylic acids is 2. The number of primary amides is 1. The Kier molecular flexibility index (Phi) is 4.44. The molecule has 26 heavy (non-hydrogen) atoms. The number of rotatable bonds is 3. The van der Waals surface area contributed by atoms with Gasteiger partial charge in [0.2, 0.25) is 11.8 Å². The molecule has 1 atom stereocenters. The fraction of sp³-hybridized carbons (Fsp3) is 0.588. The first kappa shape index (κ1) is 16.7. The van der Waals surface area contributed by atoms with Crippen LogP contribution in [0.25, 0.3) is 5.65 Å². The summed E-state index contributed by atoms with van der Waals surface area (Å²) in [7, 11) is 0. The van der Waals surface area contributed by atoms with Crippen LogP contribution in [0.5, 0.6) is 0 Å². The SMILES string of the molecule is NC(=O)C1CCN(C(=O)C2CCCN(c3ccc4nncn4n3)C2)CC1. The third-order valence-corrected chi connectivity index (χ3v) is 5.45. The molecular formula is C17H23N7O2. The van der Waals surface area contributed by atoms with Gasteiger partial charge < -0.3 is 15.5 Å². The number of nitrogens with two attached hydrogens (primary N) is 1. The lowest BCUT2D eigenvalue weighted by atomic mass is 9.92. The second kappa shape index (κ2) is 6.89. The van der Waals surface area contributed by atoms with Crippen molar-refractivity contribution >= 4 is 23.3 Å². The molecule has 138 valence electrons. The Bertz CT molecular complexity index is 812. The van der Waals surface area contributed by atoms with Crippen LogP contribution >= 0.6 is 0 Å². The lowest BCUT2D eigenvalue weighted by Crippen LogP contribution is -2.48. The van der Waals surface area contributed by atoms with E-state index in [1.54, 1.807) is 10.8 Å². The van der Waals surface area contributed by atoms with Crippen molar-refractivity contribution < 1.29 is 9.59 Å². The van der Waals surface area contributed by atoms with Crippen LogP contribution in [0.2, 0.25) is 0 Å². The highest BCUT2D eigenvalue weighted by molar-refractivity contribution is 5.81. The molecule has 0 aliphatic carbocycles. The topological polar surface area (TPSA) is 110 Å². The van der Waals surface area contributed by atoms with Gasteiger partial charge >= 0.3 is 0 Å². The summed E-state index contributed by atoms with van der Waals surface area (Å²) in [6.45, 7) is 2.78.